The van der Waals surface area contributed by atoms with Crippen molar-refractivity contribution >= 4 is 11.0 Å². The van der Waals surface area contributed by atoms with E-state index in [1.807, 2.05) is 13.0 Å². The van der Waals surface area contributed by atoms with Gasteiger partial charge in [-0.15, -0.1) is 0 Å². The minimum atomic E-state index is -0.0727. The van der Waals surface area contributed by atoms with E-state index in [9.17, 15) is 0 Å². The van der Waals surface area contributed by atoms with Crippen LogP contribution in [0.3, 0.4) is 0 Å². The summed E-state index contributed by atoms with van der Waals surface area (Å²) in [6, 6.07) is 16.9. The molecule has 0 aliphatic heterocycles. The molecule has 1 aromatic heterocycles. The minimum absolute atomic E-state index is 0.0727. The fraction of sp³-hybridized carbons (Fsp3) is 0.364. The lowest BCUT2D eigenvalue weighted by atomic mass is 10.0. The zero-order chi connectivity index (χ0) is 17.2. The predicted molar refractivity (Wildman–Crippen MR) is 101 cm³/mol. The number of ether oxygens (including phenoxy) is 1. The number of rotatable bonds is 7. The molecule has 1 saturated carbocycles. The van der Waals surface area contributed by atoms with E-state index in [1.54, 1.807) is 0 Å². The van der Waals surface area contributed by atoms with Gasteiger partial charge < -0.3 is 14.9 Å². The molecule has 0 radical (unpaired) electrons. The second-order valence-electron chi connectivity index (χ2n) is 7.21. The third-order valence-corrected chi connectivity index (χ3v) is 4.86. The third-order valence-electron chi connectivity index (χ3n) is 4.86. The number of aryl methyl sites for hydroxylation is 2. The van der Waals surface area contributed by atoms with Gasteiger partial charge in [0.15, 0.2) is 0 Å². The largest absolute Gasteiger partial charge is 0.493 e. The van der Waals surface area contributed by atoms with Crippen LogP contribution in [-0.4, -0.2) is 6.61 Å². The van der Waals surface area contributed by atoms with Crippen LogP contribution in [-0.2, 0) is 12.8 Å². The van der Waals surface area contributed by atoms with Gasteiger partial charge in [0.25, 0.3) is 0 Å². The molecule has 0 bridgehead atoms. The first-order chi connectivity index (χ1) is 12.2. The Hall–Kier alpha value is -2.26. The minimum Gasteiger partial charge on any atom is -0.493 e. The van der Waals surface area contributed by atoms with Crippen LogP contribution in [0.2, 0.25) is 0 Å². The van der Waals surface area contributed by atoms with Gasteiger partial charge in [-0.2, -0.15) is 0 Å². The number of furan rings is 1. The van der Waals surface area contributed by atoms with Crippen molar-refractivity contribution in [2.24, 2.45) is 11.7 Å². The topological polar surface area (TPSA) is 48.4 Å². The first-order valence-electron chi connectivity index (χ1n) is 9.17. The van der Waals surface area contributed by atoms with E-state index in [-0.39, 0.29) is 6.04 Å². The quantitative estimate of drug-likeness (QED) is 0.659. The van der Waals surface area contributed by atoms with Crippen LogP contribution < -0.4 is 10.5 Å². The zero-order valence-electron chi connectivity index (χ0n) is 14.7. The van der Waals surface area contributed by atoms with Crippen LogP contribution in [0.5, 0.6) is 5.75 Å². The second-order valence-corrected chi connectivity index (χ2v) is 7.21. The summed E-state index contributed by atoms with van der Waals surface area (Å²) < 4.78 is 11.6. The molecule has 3 aromatic rings. The Morgan fingerprint density at radius 1 is 1.04 bits per heavy atom. The number of hydrogen-bond acceptors (Lipinski definition) is 3. The fourth-order valence-corrected chi connectivity index (χ4v) is 3.02. The zero-order valence-corrected chi connectivity index (χ0v) is 14.7. The first kappa shape index (κ1) is 16.2. The maximum absolute atomic E-state index is 5.90. The molecule has 3 nitrogen and oxygen atoms in total. The molecule has 1 heterocycles. The van der Waals surface area contributed by atoms with Gasteiger partial charge in [0, 0.05) is 5.39 Å². The van der Waals surface area contributed by atoms with E-state index in [0.717, 1.165) is 47.8 Å². The molecule has 4 rings (SSSR count). The van der Waals surface area contributed by atoms with Gasteiger partial charge in [-0.05, 0) is 73.9 Å². The molecule has 1 fully saturated rings. The maximum atomic E-state index is 5.90. The number of nitrogens with two attached hydrogens (primary N) is 1. The molecule has 25 heavy (non-hydrogen) atoms. The van der Waals surface area contributed by atoms with Crippen molar-refractivity contribution in [3.05, 3.63) is 65.4 Å². The first-order valence-corrected chi connectivity index (χ1v) is 9.17. The van der Waals surface area contributed by atoms with Crippen LogP contribution >= 0.6 is 0 Å². The van der Waals surface area contributed by atoms with Crippen LogP contribution in [0.25, 0.3) is 11.0 Å². The molecule has 2 N–H and O–H groups in total. The van der Waals surface area contributed by atoms with E-state index in [0.29, 0.717) is 0 Å². The van der Waals surface area contributed by atoms with Gasteiger partial charge >= 0.3 is 0 Å². The van der Waals surface area contributed by atoms with Gasteiger partial charge in [-0.1, -0.05) is 24.3 Å². The Balaban J connectivity index is 1.37. The smallest absolute Gasteiger partial charge is 0.134 e. The second kappa shape index (κ2) is 6.93. The van der Waals surface area contributed by atoms with Gasteiger partial charge in [0.2, 0.25) is 0 Å². The normalized spacial score (nSPS) is 15.4. The van der Waals surface area contributed by atoms with Crippen molar-refractivity contribution in [3.63, 3.8) is 0 Å². The highest BCUT2D eigenvalue weighted by Crippen LogP contribution is 2.29. The summed E-state index contributed by atoms with van der Waals surface area (Å²) in [5.41, 5.74) is 9.44. The maximum Gasteiger partial charge on any atom is 0.134 e. The van der Waals surface area contributed by atoms with E-state index in [2.05, 4.69) is 42.5 Å². The Kier molecular flexibility index (Phi) is 4.50. The van der Waals surface area contributed by atoms with Crippen LogP contribution in [0.1, 0.15) is 42.7 Å². The summed E-state index contributed by atoms with van der Waals surface area (Å²) in [6.07, 6.45) is 4.65. The van der Waals surface area contributed by atoms with E-state index >= 15 is 0 Å². The van der Waals surface area contributed by atoms with Crippen LogP contribution in [0.15, 0.2) is 52.9 Å². The van der Waals surface area contributed by atoms with Crippen molar-refractivity contribution < 1.29 is 9.15 Å². The third kappa shape index (κ3) is 4.05. The molecule has 2 aromatic carbocycles. The Morgan fingerprint density at radius 2 is 1.76 bits per heavy atom. The molecule has 0 spiro atoms. The fourth-order valence-electron chi connectivity index (χ4n) is 3.02. The average molecular weight is 335 g/mol. The Morgan fingerprint density at radius 3 is 2.48 bits per heavy atom. The Bertz CT molecular complexity index is 844. The molecule has 1 atom stereocenters. The molecule has 1 aliphatic rings. The summed E-state index contributed by atoms with van der Waals surface area (Å²) in [6.45, 7) is 2.81. The lowest BCUT2D eigenvalue weighted by Gasteiger charge is -2.07. The number of benzene rings is 2. The average Bonchev–Trinajstić information content (AvgIpc) is 3.35. The van der Waals surface area contributed by atoms with Gasteiger partial charge in [-0.3, -0.25) is 0 Å². The van der Waals surface area contributed by atoms with E-state index in [4.69, 9.17) is 14.9 Å². The molecule has 1 unspecified atom stereocenters. The summed E-state index contributed by atoms with van der Waals surface area (Å²) >= 11 is 0. The molecule has 0 amide bonds. The monoisotopic (exact) mass is 335 g/mol. The molecular formula is C22H25NO2. The molecule has 130 valence electrons. The van der Waals surface area contributed by atoms with Crippen LogP contribution in [0.4, 0.5) is 0 Å². The van der Waals surface area contributed by atoms with E-state index in [1.165, 1.54) is 24.0 Å². The summed E-state index contributed by atoms with van der Waals surface area (Å²) in [7, 11) is 0. The standard InChI is InChI=1S/C22H25NO2/c1-15(23)21-13-19-9-6-17(12-22(19)25-21)3-2-16-7-10-20(11-8-16)24-14-18-4-5-18/h6-13,15,18H,2-5,14,23H2,1H3. The lowest BCUT2D eigenvalue weighted by molar-refractivity contribution is 0.299. The highest BCUT2D eigenvalue weighted by Gasteiger charge is 2.21. The summed E-state index contributed by atoms with van der Waals surface area (Å²) in [5.74, 6) is 2.61. The van der Waals surface area contributed by atoms with Gasteiger partial charge in [-0.25, -0.2) is 0 Å². The van der Waals surface area contributed by atoms with Crippen molar-refractivity contribution in [2.75, 3.05) is 6.61 Å². The van der Waals surface area contributed by atoms with Crippen molar-refractivity contribution in [2.45, 2.75) is 38.6 Å². The van der Waals surface area contributed by atoms with Crippen molar-refractivity contribution in [3.8, 4) is 5.75 Å². The van der Waals surface area contributed by atoms with E-state index < -0.39 is 0 Å². The summed E-state index contributed by atoms with van der Waals surface area (Å²) in [5, 5.41) is 1.12. The van der Waals surface area contributed by atoms with Gasteiger partial charge in [0.05, 0.1) is 12.6 Å². The Labute approximate surface area is 148 Å². The molecule has 0 saturated heterocycles. The molecule has 1 aliphatic carbocycles. The predicted octanol–water partition coefficient (Wildman–Crippen LogP) is 5.03. The van der Waals surface area contributed by atoms with Crippen LogP contribution in [0, 0.1) is 5.92 Å². The van der Waals surface area contributed by atoms with Crippen molar-refractivity contribution in [1.29, 1.82) is 0 Å². The highest BCUT2D eigenvalue weighted by atomic mass is 16.5. The molecular weight excluding hydrogens is 310 g/mol. The molecule has 3 heteroatoms. The summed E-state index contributed by atoms with van der Waals surface area (Å²) in [4.78, 5) is 0. The van der Waals surface area contributed by atoms with Crippen molar-refractivity contribution in [1.82, 2.24) is 0 Å². The highest BCUT2D eigenvalue weighted by molar-refractivity contribution is 5.78. The SMILES string of the molecule is CC(N)c1cc2ccc(CCc3ccc(OCC4CC4)cc3)cc2o1. The lowest BCUT2D eigenvalue weighted by Crippen LogP contribution is -2.02. The number of hydrogen-bond donors (Lipinski definition) is 1. The van der Waals surface area contributed by atoms with Gasteiger partial charge in [0.1, 0.15) is 17.1 Å². The number of fused-ring (bicyclic) bond motifs is 1.